The minimum Gasteiger partial charge on any atom is -0.361 e. The van der Waals surface area contributed by atoms with Gasteiger partial charge in [0.2, 0.25) is 5.91 Å². The highest BCUT2D eigenvalue weighted by Gasteiger charge is 2.29. The molecule has 1 N–H and O–H groups in total. The molecule has 1 aliphatic rings. The van der Waals surface area contributed by atoms with Crippen LogP contribution in [0.15, 0.2) is 30.5 Å². The monoisotopic (exact) mass is 378 g/mol. The van der Waals surface area contributed by atoms with Crippen molar-refractivity contribution in [2.24, 2.45) is 0 Å². The number of nitrogens with zero attached hydrogens (tertiary/aromatic N) is 3. The van der Waals surface area contributed by atoms with Gasteiger partial charge in [-0.15, -0.1) is 0 Å². The van der Waals surface area contributed by atoms with Crippen LogP contribution in [0, 0.1) is 0 Å². The Morgan fingerprint density at radius 3 is 2.71 bits per heavy atom. The van der Waals surface area contributed by atoms with Crippen LogP contribution in [0.4, 0.5) is 0 Å². The molecule has 1 aliphatic heterocycles. The van der Waals surface area contributed by atoms with Gasteiger partial charge in [-0.1, -0.05) is 38.8 Å². The average Bonchev–Trinajstić information content (AvgIpc) is 3.31. The third-order valence-corrected chi connectivity index (χ3v) is 5.95. The summed E-state index contributed by atoms with van der Waals surface area (Å²) in [7, 11) is 0. The maximum Gasteiger partial charge on any atom is 0.219 e. The van der Waals surface area contributed by atoms with Crippen LogP contribution >= 0.6 is 0 Å². The largest absolute Gasteiger partial charge is 0.361 e. The Morgan fingerprint density at radius 2 is 2.00 bits per heavy atom. The molecule has 28 heavy (non-hydrogen) atoms. The summed E-state index contributed by atoms with van der Waals surface area (Å²) < 4.78 is 2.30. The lowest BCUT2D eigenvalue weighted by atomic mass is 9.99. The molecule has 0 fully saturated rings. The van der Waals surface area contributed by atoms with Crippen LogP contribution < -0.4 is 0 Å². The molecule has 3 heterocycles. The van der Waals surface area contributed by atoms with Gasteiger partial charge in [0.25, 0.3) is 0 Å². The molecule has 4 rings (SSSR count). The van der Waals surface area contributed by atoms with E-state index in [9.17, 15) is 4.79 Å². The lowest BCUT2D eigenvalue weighted by molar-refractivity contribution is -0.129. The number of aromatic nitrogens is 3. The fraction of sp³-hybridized carbons (Fsp3) is 0.478. The molecule has 1 aromatic carbocycles. The number of carbonyl (C=O) groups excluding carboxylic acids is 1. The number of hydrogen-bond acceptors (Lipinski definition) is 2. The van der Waals surface area contributed by atoms with E-state index in [1.54, 1.807) is 6.92 Å². The zero-order valence-electron chi connectivity index (χ0n) is 17.2. The third kappa shape index (κ3) is 3.34. The van der Waals surface area contributed by atoms with Crippen molar-refractivity contribution in [3.8, 4) is 11.3 Å². The molecule has 0 spiro atoms. The van der Waals surface area contributed by atoms with Gasteiger partial charge in [-0.2, -0.15) is 5.10 Å². The average molecular weight is 379 g/mol. The highest BCUT2D eigenvalue weighted by Crippen LogP contribution is 2.35. The first-order valence-electron chi connectivity index (χ1n) is 10.6. The summed E-state index contributed by atoms with van der Waals surface area (Å²) in [5.41, 5.74) is 5.84. The molecule has 0 bridgehead atoms. The Hall–Kier alpha value is -2.56. The maximum absolute atomic E-state index is 12.0. The van der Waals surface area contributed by atoms with Crippen molar-refractivity contribution < 1.29 is 4.79 Å². The zero-order valence-corrected chi connectivity index (χ0v) is 17.2. The molecule has 148 valence electrons. The SMILES string of the molecule is CCCC(CCC)n1nc(-c2ccc3cc[nH]c3c2)c2c1CCN(C(C)=O)C2. The Kier molecular flexibility index (Phi) is 5.25. The van der Waals surface area contributed by atoms with E-state index in [2.05, 4.69) is 47.8 Å². The van der Waals surface area contributed by atoms with E-state index in [0.29, 0.717) is 12.6 Å². The smallest absolute Gasteiger partial charge is 0.219 e. The Morgan fingerprint density at radius 1 is 1.21 bits per heavy atom. The van der Waals surface area contributed by atoms with Gasteiger partial charge in [0, 0.05) is 55.0 Å². The molecule has 5 heteroatoms. The second-order valence-corrected chi connectivity index (χ2v) is 7.92. The van der Waals surface area contributed by atoms with Crippen LogP contribution in [-0.2, 0) is 17.8 Å². The number of carbonyl (C=O) groups is 1. The van der Waals surface area contributed by atoms with E-state index in [1.807, 2.05) is 11.1 Å². The number of nitrogens with one attached hydrogen (secondary N) is 1. The molecule has 0 aliphatic carbocycles. The number of hydrogen-bond donors (Lipinski definition) is 1. The Labute approximate surface area is 166 Å². The van der Waals surface area contributed by atoms with Crippen LogP contribution in [-0.4, -0.2) is 32.1 Å². The van der Waals surface area contributed by atoms with E-state index in [1.165, 1.54) is 16.6 Å². The van der Waals surface area contributed by atoms with Crippen LogP contribution in [0.3, 0.4) is 0 Å². The molecule has 1 amide bonds. The van der Waals surface area contributed by atoms with Crippen LogP contribution in [0.2, 0.25) is 0 Å². The maximum atomic E-state index is 12.0. The molecule has 0 unspecified atom stereocenters. The zero-order chi connectivity index (χ0) is 19.7. The van der Waals surface area contributed by atoms with E-state index >= 15 is 0 Å². The van der Waals surface area contributed by atoms with Crippen LogP contribution in [0.5, 0.6) is 0 Å². The van der Waals surface area contributed by atoms with Gasteiger partial charge in [0.05, 0.1) is 11.7 Å². The van der Waals surface area contributed by atoms with Gasteiger partial charge < -0.3 is 9.88 Å². The predicted molar refractivity (Wildman–Crippen MR) is 113 cm³/mol. The molecular weight excluding hydrogens is 348 g/mol. The highest BCUT2D eigenvalue weighted by molar-refractivity contribution is 5.85. The van der Waals surface area contributed by atoms with Crippen molar-refractivity contribution in [1.82, 2.24) is 19.7 Å². The van der Waals surface area contributed by atoms with Crippen LogP contribution in [0.25, 0.3) is 22.2 Å². The summed E-state index contributed by atoms with van der Waals surface area (Å²) in [4.78, 5) is 17.3. The molecule has 0 atom stereocenters. The number of aromatic amines is 1. The summed E-state index contributed by atoms with van der Waals surface area (Å²) in [5, 5.41) is 6.36. The van der Waals surface area contributed by atoms with Gasteiger partial charge in [-0.3, -0.25) is 9.48 Å². The summed E-state index contributed by atoms with van der Waals surface area (Å²) in [6.07, 6.45) is 7.46. The molecular formula is C23H30N4O. The van der Waals surface area contributed by atoms with Crippen molar-refractivity contribution in [3.05, 3.63) is 41.7 Å². The summed E-state index contributed by atoms with van der Waals surface area (Å²) >= 11 is 0. The van der Waals surface area contributed by atoms with E-state index in [4.69, 9.17) is 5.10 Å². The number of fused-ring (bicyclic) bond motifs is 2. The van der Waals surface area contributed by atoms with Crippen LogP contribution in [0.1, 0.15) is 63.8 Å². The third-order valence-electron chi connectivity index (χ3n) is 5.95. The van der Waals surface area contributed by atoms with E-state index in [-0.39, 0.29) is 5.91 Å². The fourth-order valence-corrected chi connectivity index (χ4v) is 4.50. The van der Waals surface area contributed by atoms with Crippen molar-refractivity contribution in [2.45, 2.75) is 65.5 Å². The molecule has 2 aromatic heterocycles. The minimum atomic E-state index is 0.142. The second-order valence-electron chi connectivity index (χ2n) is 7.92. The van der Waals surface area contributed by atoms with Gasteiger partial charge in [0.1, 0.15) is 0 Å². The highest BCUT2D eigenvalue weighted by atomic mass is 16.2. The first-order chi connectivity index (χ1) is 13.6. The Bertz CT molecular complexity index is 978. The first kappa shape index (κ1) is 18.8. The van der Waals surface area contributed by atoms with Gasteiger partial charge in [-0.25, -0.2) is 0 Å². The first-order valence-corrected chi connectivity index (χ1v) is 10.6. The molecule has 3 aromatic rings. The van der Waals surface area contributed by atoms with Crippen molar-refractivity contribution in [2.75, 3.05) is 6.54 Å². The standard InChI is InChI=1S/C23H30N4O/c1-4-6-19(7-5-2)27-22-11-13-26(16(3)28)15-20(22)23(25-27)18-9-8-17-10-12-24-21(17)14-18/h8-10,12,14,19,24H,4-7,11,13,15H2,1-3H3. The molecule has 5 nitrogen and oxygen atoms in total. The van der Waals surface area contributed by atoms with E-state index < -0.39 is 0 Å². The van der Waals surface area contributed by atoms with Crippen molar-refractivity contribution >= 4 is 16.8 Å². The molecule has 0 saturated heterocycles. The topological polar surface area (TPSA) is 53.9 Å². The molecule has 0 saturated carbocycles. The molecule has 0 radical (unpaired) electrons. The lowest BCUT2D eigenvalue weighted by Gasteiger charge is -2.28. The quantitative estimate of drug-likeness (QED) is 0.650. The van der Waals surface area contributed by atoms with E-state index in [0.717, 1.165) is 55.4 Å². The number of rotatable bonds is 6. The predicted octanol–water partition coefficient (Wildman–Crippen LogP) is 5.08. The minimum absolute atomic E-state index is 0.142. The lowest BCUT2D eigenvalue weighted by Crippen LogP contribution is -2.35. The van der Waals surface area contributed by atoms with Gasteiger partial charge in [-0.05, 0) is 30.4 Å². The fourth-order valence-electron chi connectivity index (χ4n) is 4.50. The second kappa shape index (κ2) is 7.82. The van der Waals surface area contributed by atoms with Crippen molar-refractivity contribution in [1.29, 1.82) is 0 Å². The van der Waals surface area contributed by atoms with Gasteiger partial charge >= 0.3 is 0 Å². The Balaban J connectivity index is 1.83. The summed E-state index contributed by atoms with van der Waals surface area (Å²) in [5.74, 6) is 0.142. The number of H-pyrrole nitrogens is 1. The van der Waals surface area contributed by atoms with Gasteiger partial charge in [0.15, 0.2) is 0 Å². The number of benzene rings is 1. The van der Waals surface area contributed by atoms with Crippen molar-refractivity contribution in [3.63, 3.8) is 0 Å². The normalized spacial score (nSPS) is 14.1. The summed E-state index contributed by atoms with van der Waals surface area (Å²) in [6.45, 7) is 7.60. The number of amides is 1. The summed E-state index contributed by atoms with van der Waals surface area (Å²) in [6, 6.07) is 9.01.